The summed E-state index contributed by atoms with van der Waals surface area (Å²) in [6, 6.07) is 17.2. The first-order valence-corrected chi connectivity index (χ1v) is 7.06. The summed E-state index contributed by atoms with van der Waals surface area (Å²) in [5.41, 5.74) is 2.07. The van der Waals surface area contributed by atoms with E-state index in [1.807, 2.05) is 48.5 Å². The van der Waals surface area contributed by atoms with Crippen molar-refractivity contribution in [3.63, 3.8) is 0 Å². The molecule has 3 nitrogen and oxygen atoms in total. The summed E-state index contributed by atoms with van der Waals surface area (Å²) < 4.78 is 11.1. The van der Waals surface area contributed by atoms with Crippen LogP contribution >= 0.6 is 11.6 Å². The van der Waals surface area contributed by atoms with Crippen molar-refractivity contribution in [1.29, 1.82) is 5.26 Å². The molecule has 0 aliphatic rings. The van der Waals surface area contributed by atoms with E-state index < -0.39 is 0 Å². The Balaban J connectivity index is 1.65. The third-order valence-corrected chi connectivity index (χ3v) is 3.14. The molecule has 0 aliphatic heterocycles. The van der Waals surface area contributed by atoms with Gasteiger partial charge < -0.3 is 9.47 Å². The molecule has 0 aromatic heterocycles. The van der Waals surface area contributed by atoms with Crippen LogP contribution in [0, 0.1) is 11.3 Å². The molecule has 108 valence electrons. The number of ether oxygens (including phenoxy) is 2. The van der Waals surface area contributed by atoms with E-state index in [2.05, 4.69) is 6.07 Å². The molecule has 0 aliphatic carbocycles. The van der Waals surface area contributed by atoms with Gasteiger partial charge in [0.2, 0.25) is 0 Å². The van der Waals surface area contributed by atoms with Gasteiger partial charge in [-0.3, -0.25) is 0 Å². The highest BCUT2D eigenvalue weighted by Crippen LogP contribution is 2.13. The predicted molar refractivity (Wildman–Crippen MR) is 82.4 cm³/mol. The maximum absolute atomic E-state index is 8.59. The molecule has 0 radical (unpaired) electrons. The number of benzene rings is 2. The molecule has 0 spiro atoms. The second-order valence-electron chi connectivity index (χ2n) is 4.51. The topological polar surface area (TPSA) is 42.2 Å². The number of nitrogens with zero attached hydrogens (tertiary/aromatic N) is 1. The SMILES string of the molecule is N#CCc1ccc(OCCOCc2ccc(Cl)cc2)cc1. The maximum atomic E-state index is 8.59. The monoisotopic (exact) mass is 301 g/mol. The molecular weight excluding hydrogens is 286 g/mol. The summed E-state index contributed by atoms with van der Waals surface area (Å²) in [7, 11) is 0. The molecule has 0 N–H and O–H groups in total. The molecule has 0 fully saturated rings. The van der Waals surface area contributed by atoms with Crippen LogP contribution in [0.25, 0.3) is 0 Å². The van der Waals surface area contributed by atoms with Crippen LogP contribution in [0.1, 0.15) is 11.1 Å². The summed E-state index contributed by atoms with van der Waals surface area (Å²) in [4.78, 5) is 0. The van der Waals surface area contributed by atoms with E-state index in [1.165, 1.54) is 0 Å². The summed E-state index contributed by atoms with van der Waals surface area (Å²) >= 11 is 5.82. The lowest BCUT2D eigenvalue weighted by molar-refractivity contribution is 0.0889. The molecule has 0 amide bonds. The van der Waals surface area contributed by atoms with Crippen LogP contribution in [-0.4, -0.2) is 13.2 Å². The van der Waals surface area contributed by atoms with Crippen LogP contribution in [-0.2, 0) is 17.8 Å². The predicted octanol–water partition coefficient (Wildman–Crippen LogP) is 4.00. The molecule has 0 saturated carbocycles. The Kier molecular flexibility index (Phi) is 6.08. The van der Waals surface area contributed by atoms with E-state index in [4.69, 9.17) is 26.3 Å². The van der Waals surface area contributed by atoms with E-state index in [9.17, 15) is 0 Å². The zero-order valence-electron chi connectivity index (χ0n) is 11.6. The van der Waals surface area contributed by atoms with Crippen LogP contribution in [0.5, 0.6) is 5.75 Å². The Hall–Kier alpha value is -2.02. The summed E-state index contributed by atoms with van der Waals surface area (Å²) in [5, 5.41) is 9.32. The standard InChI is InChI=1S/C17H16ClNO2/c18-16-5-1-15(2-6-16)13-20-11-12-21-17-7-3-14(4-8-17)9-10-19/h1-8H,9,11-13H2. The van der Waals surface area contributed by atoms with Crippen LogP contribution in [0.2, 0.25) is 5.02 Å². The van der Waals surface area contributed by atoms with Gasteiger partial charge in [0, 0.05) is 5.02 Å². The van der Waals surface area contributed by atoms with Gasteiger partial charge in [-0.05, 0) is 35.4 Å². The second kappa shape index (κ2) is 8.31. The Morgan fingerprint density at radius 2 is 1.57 bits per heavy atom. The molecule has 2 aromatic carbocycles. The van der Waals surface area contributed by atoms with Gasteiger partial charge in [-0.2, -0.15) is 5.26 Å². The lowest BCUT2D eigenvalue weighted by Gasteiger charge is -2.08. The van der Waals surface area contributed by atoms with E-state index in [-0.39, 0.29) is 0 Å². The van der Waals surface area contributed by atoms with Crippen LogP contribution in [0.4, 0.5) is 0 Å². The maximum Gasteiger partial charge on any atom is 0.119 e. The zero-order chi connectivity index (χ0) is 14.9. The van der Waals surface area contributed by atoms with Crippen molar-refractivity contribution in [2.75, 3.05) is 13.2 Å². The molecular formula is C17H16ClNO2. The van der Waals surface area contributed by atoms with Crippen molar-refractivity contribution < 1.29 is 9.47 Å². The minimum absolute atomic E-state index is 0.421. The van der Waals surface area contributed by atoms with Gasteiger partial charge >= 0.3 is 0 Å². The summed E-state index contributed by atoms with van der Waals surface area (Å²) in [6.07, 6.45) is 0.421. The average molecular weight is 302 g/mol. The lowest BCUT2D eigenvalue weighted by atomic mass is 10.2. The van der Waals surface area contributed by atoms with Gasteiger partial charge in [-0.1, -0.05) is 35.9 Å². The normalized spacial score (nSPS) is 10.1. The second-order valence-corrected chi connectivity index (χ2v) is 4.94. The number of hydrogen-bond acceptors (Lipinski definition) is 3. The molecule has 2 rings (SSSR count). The smallest absolute Gasteiger partial charge is 0.119 e. The number of halogens is 1. The van der Waals surface area contributed by atoms with Crippen LogP contribution in [0.3, 0.4) is 0 Å². The van der Waals surface area contributed by atoms with Gasteiger partial charge in [-0.25, -0.2) is 0 Å². The molecule has 21 heavy (non-hydrogen) atoms. The van der Waals surface area contributed by atoms with Gasteiger partial charge in [0.05, 0.1) is 25.7 Å². The van der Waals surface area contributed by atoms with Crippen molar-refractivity contribution in [1.82, 2.24) is 0 Å². The Morgan fingerprint density at radius 1 is 0.905 bits per heavy atom. The first kappa shape index (κ1) is 15.4. The van der Waals surface area contributed by atoms with Crippen LogP contribution < -0.4 is 4.74 Å². The Labute approximate surface area is 129 Å². The van der Waals surface area contributed by atoms with Gasteiger partial charge in [-0.15, -0.1) is 0 Å². The van der Waals surface area contributed by atoms with Gasteiger partial charge in [0.1, 0.15) is 12.4 Å². The largest absolute Gasteiger partial charge is 0.491 e. The zero-order valence-corrected chi connectivity index (χ0v) is 12.3. The minimum atomic E-state index is 0.421. The molecule has 4 heteroatoms. The highest BCUT2D eigenvalue weighted by atomic mass is 35.5. The number of hydrogen-bond donors (Lipinski definition) is 0. The van der Waals surface area contributed by atoms with E-state index in [1.54, 1.807) is 0 Å². The lowest BCUT2D eigenvalue weighted by Crippen LogP contribution is -2.06. The van der Waals surface area contributed by atoms with Crippen molar-refractivity contribution in [3.8, 4) is 11.8 Å². The molecule has 0 saturated heterocycles. The minimum Gasteiger partial charge on any atom is -0.491 e. The third kappa shape index (κ3) is 5.47. The Morgan fingerprint density at radius 3 is 2.24 bits per heavy atom. The number of rotatable bonds is 7. The van der Waals surface area contributed by atoms with Crippen molar-refractivity contribution >= 4 is 11.6 Å². The Bertz CT molecular complexity index is 588. The van der Waals surface area contributed by atoms with Crippen molar-refractivity contribution in [2.45, 2.75) is 13.0 Å². The molecule has 0 heterocycles. The quantitative estimate of drug-likeness (QED) is 0.726. The molecule has 0 atom stereocenters. The highest BCUT2D eigenvalue weighted by Gasteiger charge is 1.97. The molecule has 0 bridgehead atoms. The first-order chi connectivity index (χ1) is 10.3. The fourth-order valence-electron chi connectivity index (χ4n) is 1.78. The first-order valence-electron chi connectivity index (χ1n) is 6.69. The fourth-order valence-corrected chi connectivity index (χ4v) is 1.91. The van der Waals surface area contributed by atoms with Gasteiger partial charge in [0.15, 0.2) is 0 Å². The van der Waals surface area contributed by atoms with E-state index in [0.717, 1.165) is 21.9 Å². The van der Waals surface area contributed by atoms with Crippen LogP contribution in [0.15, 0.2) is 48.5 Å². The summed E-state index contributed by atoms with van der Waals surface area (Å²) in [5.74, 6) is 0.784. The van der Waals surface area contributed by atoms with Gasteiger partial charge in [0.25, 0.3) is 0 Å². The van der Waals surface area contributed by atoms with E-state index >= 15 is 0 Å². The summed E-state index contributed by atoms with van der Waals surface area (Å²) in [6.45, 7) is 1.55. The molecule has 2 aromatic rings. The fraction of sp³-hybridized carbons (Fsp3) is 0.235. The molecule has 0 unspecified atom stereocenters. The average Bonchev–Trinajstić information content (AvgIpc) is 2.51. The highest BCUT2D eigenvalue weighted by molar-refractivity contribution is 6.30. The third-order valence-electron chi connectivity index (χ3n) is 2.88. The number of nitriles is 1. The van der Waals surface area contributed by atoms with Crippen molar-refractivity contribution in [2.24, 2.45) is 0 Å². The van der Waals surface area contributed by atoms with Crippen molar-refractivity contribution in [3.05, 3.63) is 64.7 Å². The van der Waals surface area contributed by atoms with E-state index in [0.29, 0.717) is 26.2 Å².